The molecule has 0 atom stereocenters. The number of hydrogen-bond acceptors (Lipinski definition) is 4. The number of barbiturate groups is 1. The number of imide groups is 2. The Morgan fingerprint density at radius 1 is 1.05 bits per heavy atom. The molecule has 2 rings (SSSR count). The van der Waals surface area contributed by atoms with E-state index in [2.05, 4.69) is 0 Å². The number of hydrogen-bond donors (Lipinski definition) is 0. The Bertz CT molecular complexity index is 638. The second-order valence-electron chi connectivity index (χ2n) is 4.80. The van der Waals surface area contributed by atoms with Crippen molar-refractivity contribution in [3.63, 3.8) is 0 Å². The van der Waals surface area contributed by atoms with E-state index in [0.29, 0.717) is 5.56 Å². The van der Waals surface area contributed by atoms with Gasteiger partial charge in [-0.05, 0) is 36.3 Å². The van der Waals surface area contributed by atoms with Gasteiger partial charge in [-0.2, -0.15) is 0 Å². The van der Waals surface area contributed by atoms with Crippen molar-refractivity contribution >= 4 is 23.9 Å². The van der Waals surface area contributed by atoms with Crippen LogP contribution in [-0.2, 0) is 9.59 Å². The van der Waals surface area contributed by atoms with E-state index in [0.717, 1.165) is 21.1 Å². The minimum absolute atomic E-state index is 0.0378. The van der Waals surface area contributed by atoms with Crippen molar-refractivity contribution in [2.24, 2.45) is 0 Å². The molecule has 1 aromatic rings. The number of urea groups is 1. The van der Waals surface area contributed by atoms with Crippen molar-refractivity contribution in [1.82, 2.24) is 9.80 Å². The smallest absolute Gasteiger partial charge is 0.333 e. The van der Waals surface area contributed by atoms with Gasteiger partial charge in [-0.1, -0.05) is 6.07 Å². The lowest BCUT2D eigenvalue weighted by atomic mass is 10.0. The molecule has 1 saturated heterocycles. The van der Waals surface area contributed by atoms with E-state index in [9.17, 15) is 14.4 Å². The molecule has 1 fully saturated rings. The highest BCUT2D eigenvalue weighted by atomic mass is 16.5. The predicted molar refractivity (Wildman–Crippen MR) is 76.6 cm³/mol. The van der Waals surface area contributed by atoms with E-state index >= 15 is 0 Å². The Hall–Kier alpha value is -2.63. The topological polar surface area (TPSA) is 66.9 Å². The molecule has 4 amide bonds. The van der Waals surface area contributed by atoms with Gasteiger partial charge in [0.05, 0.1) is 7.11 Å². The van der Waals surface area contributed by atoms with Crippen LogP contribution in [0.3, 0.4) is 0 Å². The summed E-state index contributed by atoms with van der Waals surface area (Å²) in [5, 5.41) is 0. The molecule has 0 aliphatic carbocycles. The zero-order valence-corrected chi connectivity index (χ0v) is 12.3. The maximum absolute atomic E-state index is 12.1. The zero-order chi connectivity index (χ0) is 15.7. The van der Waals surface area contributed by atoms with Gasteiger partial charge in [0.25, 0.3) is 11.8 Å². The summed E-state index contributed by atoms with van der Waals surface area (Å²) >= 11 is 0. The third kappa shape index (κ3) is 2.52. The maximum atomic E-state index is 12.1. The third-order valence-corrected chi connectivity index (χ3v) is 3.37. The highest BCUT2D eigenvalue weighted by molar-refractivity contribution is 6.30. The number of likely N-dealkylation sites (N-methyl/N-ethyl adjacent to an activating group) is 2. The molecule has 6 heteroatoms. The van der Waals surface area contributed by atoms with Crippen molar-refractivity contribution in [3.8, 4) is 5.75 Å². The van der Waals surface area contributed by atoms with Gasteiger partial charge in [0, 0.05) is 14.1 Å². The van der Waals surface area contributed by atoms with E-state index in [1.165, 1.54) is 20.2 Å². The highest BCUT2D eigenvalue weighted by Gasteiger charge is 2.37. The fraction of sp³-hybridized carbons (Fsp3) is 0.267. The molecule has 1 aromatic carbocycles. The van der Waals surface area contributed by atoms with Gasteiger partial charge in [0.2, 0.25) is 0 Å². The molecular weight excluding hydrogens is 272 g/mol. The Morgan fingerprint density at radius 2 is 1.62 bits per heavy atom. The van der Waals surface area contributed by atoms with E-state index < -0.39 is 17.8 Å². The van der Waals surface area contributed by atoms with E-state index in [4.69, 9.17) is 4.74 Å². The van der Waals surface area contributed by atoms with Crippen LogP contribution in [0.25, 0.3) is 6.08 Å². The van der Waals surface area contributed by atoms with Crippen molar-refractivity contribution in [1.29, 1.82) is 0 Å². The van der Waals surface area contributed by atoms with Crippen LogP contribution in [0, 0.1) is 6.92 Å². The number of ether oxygens (including phenoxy) is 1. The van der Waals surface area contributed by atoms with Crippen LogP contribution in [-0.4, -0.2) is 48.9 Å². The van der Waals surface area contributed by atoms with E-state index in [1.54, 1.807) is 19.2 Å². The molecule has 1 heterocycles. The van der Waals surface area contributed by atoms with Crippen molar-refractivity contribution in [2.45, 2.75) is 6.92 Å². The SMILES string of the molecule is COc1ccc(C=C2C(=O)N(C)C(=O)N(C)C2=O)cc1C. The number of nitrogens with zero attached hydrogens (tertiary/aromatic N) is 2. The Kier molecular flexibility index (Phi) is 3.80. The first-order valence-corrected chi connectivity index (χ1v) is 6.33. The first kappa shape index (κ1) is 14.8. The fourth-order valence-corrected chi connectivity index (χ4v) is 2.13. The fourth-order valence-electron chi connectivity index (χ4n) is 2.13. The van der Waals surface area contributed by atoms with Gasteiger partial charge in [-0.3, -0.25) is 19.4 Å². The van der Waals surface area contributed by atoms with Crippen LogP contribution in [0.4, 0.5) is 4.79 Å². The minimum Gasteiger partial charge on any atom is -0.496 e. The average molecular weight is 288 g/mol. The Balaban J connectivity index is 2.44. The number of carbonyl (C=O) groups excluding carboxylic acids is 3. The lowest BCUT2D eigenvalue weighted by molar-refractivity contribution is -0.134. The molecule has 1 aliphatic heterocycles. The quantitative estimate of drug-likeness (QED) is 0.610. The summed E-state index contributed by atoms with van der Waals surface area (Å²) in [6, 6.07) is 4.68. The molecular formula is C15H16N2O4. The van der Waals surface area contributed by atoms with Crippen LogP contribution < -0.4 is 4.74 Å². The van der Waals surface area contributed by atoms with Gasteiger partial charge < -0.3 is 4.74 Å². The predicted octanol–water partition coefficient (Wildman–Crippen LogP) is 1.44. The maximum Gasteiger partial charge on any atom is 0.333 e. The van der Waals surface area contributed by atoms with Crippen molar-refractivity contribution in [3.05, 3.63) is 34.9 Å². The number of carbonyl (C=O) groups is 3. The molecule has 110 valence electrons. The van der Waals surface area contributed by atoms with Gasteiger partial charge >= 0.3 is 6.03 Å². The van der Waals surface area contributed by atoms with Crippen molar-refractivity contribution < 1.29 is 19.1 Å². The zero-order valence-electron chi connectivity index (χ0n) is 12.3. The van der Waals surface area contributed by atoms with Gasteiger partial charge in [0.1, 0.15) is 11.3 Å². The van der Waals surface area contributed by atoms with Crippen LogP contribution in [0.1, 0.15) is 11.1 Å². The lowest BCUT2D eigenvalue weighted by Crippen LogP contribution is -2.52. The number of aryl methyl sites for hydroxylation is 1. The number of amides is 4. The molecule has 0 unspecified atom stereocenters. The minimum atomic E-state index is -0.631. The standard InChI is InChI=1S/C15H16N2O4/c1-9-7-10(5-6-12(9)21-4)8-11-13(18)16(2)15(20)17(3)14(11)19/h5-8H,1-4H3. The first-order chi connectivity index (χ1) is 9.86. The largest absolute Gasteiger partial charge is 0.496 e. The molecule has 21 heavy (non-hydrogen) atoms. The summed E-state index contributed by atoms with van der Waals surface area (Å²) in [7, 11) is 4.27. The molecule has 0 bridgehead atoms. The first-order valence-electron chi connectivity index (χ1n) is 6.33. The molecule has 0 spiro atoms. The van der Waals surface area contributed by atoms with Gasteiger partial charge in [-0.15, -0.1) is 0 Å². The summed E-state index contributed by atoms with van der Waals surface area (Å²) in [6.07, 6.45) is 1.48. The Morgan fingerprint density at radius 3 is 2.10 bits per heavy atom. The second kappa shape index (κ2) is 5.40. The summed E-state index contributed by atoms with van der Waals surface area (Å²) in [6.45, 7) is 1.87. The summed E-state index contributed by atoms with van der Waals surface area (Å²) < 4.78 is 5.16. The molecule has 6 nitrogen and oxygen atoms in total. The van der Waals surface area contributed by atoms with Gasteiger partial charge in [-0.25, -0.2) is 4.79 Å². The third-order valence-electron chi connectivity index (χ3n) is 3.37. The molecule has 0 N–H and O–H groups in total. The summed E-state index contributed by atoms with van der Waals surface area (Å²) in [5.41, 5.74) is 1.55. The van der Waals surface area contributed by atoms with Crippen molar-refractivity contribution in [2.75, 3.05) is 21.2 Å². The number of benzene rings is 1. The summed E-state index contributed by atoms with van der Waals surface area (Å²) in [5.74, 6) is -0.476. The van der Waals surface area contributed by atoms with E-state index in [1.807, 2.05) is 13.0 Å². The highest BCUT2D eigenvalue weighted by Crippen LogP contribution is 2.22. The number of rotatable bonds is 2. The van der Waals surface area contributed by atoms with Crippen LogP contribution in [0.15, 0.2) is 23.8 Å². The van der Waals surface area contributed by atoms with Crippen LogP contribution in [0.2, 0.25) is 0 Å². The van der Waals surface area contributed by atoms with E-state index in [-0.39, 0.29) is 5.57 Å². The monoisotopic (exact) mass is 288 g/mol. The summed E-state index contributed by atoms with van der Waals surface area (Å²) in [4.78, 5) is 37.6. The molecule has 0 radical (unpaired) electrons. The van der Waals surface area contributed by atoms with Crippen LogP contribution >= 0.6 is 0 Å². The molecule has 1 aliphatic rings. The molecule has 0 saturated carbocycles. The Labute approximate surface area is 122 Å². The lowest BCUT2D eigenvalue weighted by Gasteiger charge is -2.28. The number of methoxy groups -OCH3 is 1. The molecule has 0 aromatic heterocycles. The average Bonchev–Trinajstić information content (AvgIpc) is 2.48. The van der Waals surface area contributed by atoms with Gasteiger partial charge in [0.15, 0.2) is 0 Å². The van der Waals surface area contributed by atoms with Crippen LogP contribution in [0.5, 0.6) is 5.75 Å². The normalized spacial score (nSPS) is 15.6. The second-order valence-corrected chi connectivity index (χ2v) is 4.80.